The SMILES string of the molecule is Cn1c(S[C@H](C(=O)N2CCOCC2)c2ccccc2)nnc1-c1cccnc1. The second-order valence-electron chi connectivity index (χ2n) is 6.45. The highest BCUT2D eigenvalue weighted by atomic mass is 32.2. The van der Waals surface area contributed by atoms with Gasteiger partial charge >= 0.3 is 0 Å². The summed E-state index contributed by atoms with van der Waals surface area (Å²) in [5, 5.41) is 8.95. The molecule has 28 heavy (non-hydrogen) atoms. The fourth-order valence-corrected chi connectivity index (χ4v) is 4.19. The lowest BCUT2D eigenvalue weighted by atomic mass is 10.1. The Kier molecular flexibility index (Phi) is 5.68. The first-order valence-corrected chi connectivity index (χ1v) is 10.00. The van der Waals surface area contributed by atoms with Crippen molar-refractivity contribution in [2.45, 2.75) is 10.4 Å². The zero-order valence-corrected chi connectivity index (χ0v) is 16.4. The molecule has 1 amide bonds. The zero-order chi connectivity index (χ0) is 19.3. The molecule has 144 valence electrons. The van der Waals surface area contributed by atoms with Crippen molar-refractivity contribution in [3.8, 4) is 11.4 Å². The predicted molar refractivity (Wildman–Crippen MR) is 107 cm³/mol. The van der Waals surface area contributed by atoms with Gasteiger partial charge in [-0.05, 0) is 17.7 Å². The Hall–Kier alpha value is -2.71. The number of rotatable bonds is 5. The van der Waals surface area contributed by atoms with Crippen LogP contribution in [0.25, 0.3) is 11.4 Å². The molecule has 4 rings (SSSR count). The fraction of sp³-hybridized carbons (Fsp3) is 0.300. The first kappa shape index (κ1) is 18.6. The molecule has 0 bridgehead atoms. The summed E-state index contributed by atoms with van der Waals surface area (Å²) in [7, 11) is 1.91. The minimum absolute atomic E-state index is 0.0745. The fourth-order valence-electron chi connectivity index (χ4n) is 3.11. The van der Waals surface area contributed by atoms with E-state index in [1.54, 1.807) is 12.4 Å². The molecule has 3 heterocycles. The third-order valence-electron chi connectivity index (χ3n) is 4.63. The second kappa shape index (κ2) is 8.53. The molecule has 1 atom stereocenters. The number of aromatic nitrogens is 4. The largest absolute Gasteiger partial charge is 0.378 e. The molecule has 0 aliphatic carbocycles. The number of nitrogens with zero attached hydrogens (tertiary/aromatic N) is 5. The van der Waals surface area contributed by atoms with E-state index in [-0.39, 0.29) is 11.2 Å². The summed E-state index contributed by atoms with van der Waals surface area (Å²) >= 11 is 1.42. The van der Waals surface area contributed by atoms with Gasteiger partial charge in [0.2, 0.25) is 5.91 Å². The first-order chi connectivity index (χ1) is 13.7. The van der Waals surface area contributed by atoms with E-state index in [0.29, 0.717) is 31.5 Å². The Morgan fingerprint density at radius 1 is 1.11 bits per heavy atom. The van der Waals surface area contributed by atoms with E-state index in [9.17, 15) is 4.79 Å². The van der Waals surface area contributed by atoms with Crippen molar-refractivity contribution in [3.05, 3.63) is 60.4 Å². The molecule has 2 aromatic heterocycles. The van der Waals surface area contributed by atoms with E-state index >= 15 is 0 Å². The summed E-state index contributed by atoms with van der Waals surface area (Å²) in [6.07, 6.45) is 3.48. The molecular weight excluding hydrogens is 374 g/mol. The van der Waals surface area contributed by atoms with Crippen molar-refractivity contribution in [1.29, 1.82) is 0 Å². The lowest BCUT2D eigenvalue weighted by Crippen LogP contribution is -2.42. The van der Waals surface area contributed by atoms with Crippen molar-refractivity contribution in [2.24, 2.45) is 7.05 Å². The van der Waals surface area contributed by atoms with E-state index in [1.165, 1.54) is 11.8 Å². The van der Waals surface area contributed by atoms with Crippen LogP contribution >= 0.6 is 11.8 Å². The Labute approximate surface area is 167 Å². The molecule has 3 aromatic rings. The average Bonchev–Trinajstić information content (AvgIpc) is 3.13. The molecule has 0 radical (unpaired) electrons. The Balaban J connectivity index is 1.63. The van der Waals surface area contributed by atoms with Crippen LogP contribution in [0.3, 0.4) is 0 Å². The number of pyridine rings is 1. The van der Waals surface area contributed by atoms with Gasteiger partial charge in [0.1, 0.15) is 5.25 Å². The van der Waals surface area contributed by atoms with Gasteiger partial charge < -0.3 is 14.2 Å². The molecule has 1 aliphatic heterocycles. The standard InChI is InChI=1S/C20H21N5O2S/c1-24-18(16-8-5-9-21-14-16)22-23-20(24)28-17(15-6-3-2-4-7-15)19(26)25-10-12-27-13-11-25/h2-9,14,17H,10-13H2,1H3/t17-/m0/s1. The van der Waals surface area contributed by atoms with Gasteiger partial charge in [-0.2, -0.15) is 0 Å². The first-order valence-electron chi connectivity index (χ1n) is 9.12. The maximum atomic E-state index is 13.3. The summed E-state index contributed by atoms with van der Waals surface area (Å²) < 4.78 is 7.30. The predicted octanol–water partition coefficient (Wildman–Crippen LogP) is 2.57. The molecule has 0 saturated carbocycles. The van der Waals surface area contributed by atoms with Gasteiger partial charge in [0, 0.05) is 38.1 Å². The van der Waals surface area contributed by atoms with Crippen LogP contribution in [0, 0.1) is 0 Å². The zero-order valence-electron chi connectivity index (χ0n) is 15.6. The van der Waals surface area contributed by atoms with Gasteiger partial charge in [-0.1, -0.05) is 42.1 Å². The van der Waals surface area contributed by atoms with Crippen molar-refractivity contribution in [1.82, 2.24) is 24.6 Å². The molecule has 1 saturated heterocycles. The highest BCUT2D eigenvalue weighted by Gasteiger charge is 2.30. The monoisotopic (exact) mass is 395 g/mol. The number of morpholine rings is 1. The third kappa shape index (κ3) is 3.93. The topological polar surface area (TPSA) is 73.1 Å². The van der Waals surface area contributed by atoms with Gasteiger partial charge in [-0.3, -0.25) is 9.78 Å². The van der Waals surface area contributed by atoms with E-state index in [2.05, 4.69) is 15.2 Å². The molecule has 0 spiro atoms. The smallest absolute Gasteiger partial charge is 0.240 e. The summed E-state index contributed by atoms with van der Waals surface area (Å²) in [5.74, 6) is 0.798. The number of ether oxygens (including phenoxy) is 1. The van der Waals surface area contributed by atoms with Crippen molar-refractivity contribution >= 4 is 17.7 Å². The van der Waals surface area contributed by atoms with E-state index in [0.717, 1.165) is 17.0 Å². The highest BCUT2D eigenvalue weighted by molar-refractivity contribution is 8.00. The van der Waals surface area contributed by atoms with Crippen LogP contribution in [0.1, 0.15) is 10.8 Å². The van der Waals surface area contributed by atoms with Crippen LogP contribution in [-0.2, 0) is 16.6 Å². The van der Waals surface area contributed by atoms with Crippen LogP contribution in [-0.4, -0.2) is 56.9 Å². The highest BCUT2D eigenvalue weighted by Crippen LogP contribution is 2.36. The van der Waals surface area contributed by atoms with Crippen LogP contribution in [0.4, 0.5) is 0 Å². The van der Waals surface area contributed by atoms with E-state index in [1.807, 2.05) is 59.0 Å². The molecule has 7 nitrogen and oxygen atoms in total. The number of carbonyl (C=O) groups excluding carboxylic acids is 1. The van der Waals surface area contributed by atoms with Gasteiger partial charge in [-0.15, -0.1) is 10.2 Å². The average molecular weight is 395 g/mol. The van der Waals surface area contributed by atoms with Gasteiger partial charge in [-0.25, -0.2) is 0 Å². The van der Waals surface area contributed by atoms with Crippen molar-refractivity contribution in [2.75, 3.05) is 26.3 Å². The van der Waals surface area contributed by atoms with Gasteiger partial charge in [0.05, 0.1) is 13.2 Å². The number of amides is 1. The number of thioether (sulfide) groups is 1. The molecule has 1 fully saturated rings. The summed E-state index contributed by atoms with van der Waals surface area (Å²) in [6, 6.07) is 13.6. The van der Waals surface area contributed by atoms with Crippen molar-refractivity contribution in [3.63, 3.8) is 0 Å². The number of hydrogen-bond acceptors (Lipinski definition) is 6. The Morgan fingerprint density at radius 2 is 1.89 bits per heavy atom. The van der Waals surface area contributed by atoms with Crippen molar-refractivity contribution < 1.29 is 9.53 Å². The lowest BCUT2D eigenvalue weighted by molar-refractivity contribution is -0.134. The second-order valence-corrected chi connectivity index (χ2v) is 7.53. The number of carbonyl (C=O) groups is 1. The normalized spacial score (nSPS) is 15.4. The summed E-state index contributed by atoms with van der Waals surface area (Å²) in [6.45, 7) is 2.38. The molecule has 1 aromatic carbocycles. The third-order valence-corrected chi connectivity index (χ3v) is 5.90. The maximum Gasteiger partial charge on any atom is 0.240 e. The molecule has 0 unspecified atom stereocenters. The van der Waals surface area contributed by atoms with Crippen LogP contribution in [0.2, 0.25) is 0 Å². The van der Waals surface area contributed by atoms with Gasteiger partial charge in [0.25, 0.3) is 0 Å². The number of hydrogen-bond donors (Lipinski definition) is 0. The Morgan fingerprint density at radius 3 is 2.61 bits per heavy atom. The molecule has 1 aliphatic rings. The quantitative estimate of drug-likeness (QED) is 0.618. The van der Waals surface area contributed by atoms with Crippen LogP contribution < -0.4 is 0 Å². The maximum absolute atomic E-state index is 13.3. The molecule has 0 N–H and O–H groups in total. The molecular formula is C20H21N5O2S. The van der Waals surface area contributed by atoms with E-state index < -0.39 is 0 Å². The van der Waals surface area contributed by atoms with Crippen LogP contribution in [0.15, 0.2) is 60.0 Å². The van der Waals surface area contributed by atoms with Crippen LogP contribution in [0.5, 0.6) is 0 Å². The number of benzene rings is 1. The van der Waals surface area contributed by atoms with Gasteiger partial charge in [0.15, 0.2) is 11.0 Å². The Bertz CT molecular complexity index is 926. The van der Waals surface area contributed by atoms with E-state index in [4.69, 9.17) is 4.74 Å². The summed E-state index contributed by atoms with van der Waals surface area (Å²) in [4.78, 5) is 19.3. The summed E-state index contributed by atoms with van der Waals surface area (Å²) in [5.41, 5.74) is 1.84. The molecule has 8 heteroatoms. The lowest BCUT2D eigenvalue weighted by Gasteiger charge is -2.30. The minimum Gasteiger partial charge on any atom is -0.378 e. The minimum atomic E-state index is -0.385.